The lowest BCUT2D eigenvalue weighted by Gasteiger charge is -2.37. The molecule has 0 spiro atoms. The third kappa shape index (κ3) is 4.77. The Kier molecular flexibility index (Phi) is 6.85. The predicted octanol–water partition coefficient (Wildman–Crippen LogP) is 0.705. The van der Waals surface area contributed by atoms with Gasteiger partial charge in [0.1, 0.15) is 5.37 Å². The number of methoxy groups -OCH3 is 1. The zero-order valence-electron chi connectivity index (χ0n) is 11.6. The van der Waals surface area contributed by atoms with Crippen LogP contribution in [-0.4, -0.2) is 67.4 Å². The fourth-order valence-electron chi connectivity index (χ4n) is 1.89. The highest BCUT2D eigenvalue weighted by Gasteiger charge is 2.34. The second-order valence-corrected chi connectivity index (χ2v) is 8.46. The molecule has 1 saturated heterocycles. The standard InChI is InChI=1S/C11H22N2O3S3/c1-4-19(14,15)10-8-18-6-5-13(10)11(17)12-9(2)7-16-3/h9-10H,4-8H2,1-3H3,(H,12,17). The third-order valence-electron chi connectivity index (χ3n) is 2.95. The van der Waals surface area contributed by atoms with Crippen molar-refractivity contribution in [2.75, 3.05) is 37.5 Å². The Morgan fingerprint density at radius 1 is 1.63 bits per heavy atom. The molecule has 0 radical (unpaired) electrons. The van der Waals surface area contributed by atoms with Crippen molar-refractivity contribution in [3.8, 4) is 0 Å². The van der Waals surface area contributed by atoms with Gasteiger partial charge in [0.25, 0.3) is 0 Å². The van der Waals surface area contributed by atoms with Crippen molar-refractivity contribution in [2.45, 2.75) is 25.3 Å². The van der Waals surface area contributed by atoms with E-state index in [-0.39, 0.29) is 11.8 Å². The number of nitrogens with zero attached hydrogens (tertiary/aromatic N) is 1. The Labute approximate surface area is 125 Å². The largest absolute Gasteiger partial charge is 0.383 e. The minimum Gasteiger partial charge on any atom is -0.383 e. The molecule has 1 N–H and O–H groups in total. The summed E-state index contributed by atoms with van der Waals surface area (Å²) in [6, 6.07) is 0.0667. The molecule has 0 saturated carbocycles. The Morgan fingerprint density at radius 3 is 2.89 bits per heavy atom. The van der Waals surface area contributed by atoms with E-state index in [0.29, 0.717) is 24.0 Å². The molecular weight excluding hydrogens is 304 g/mol. The van der Waals surface area contributed by atoms with Gasteiger partial charge in [0, 0.05) is 37.0 Å². The number of thiocarbonyl (C=S) groups is 1. The van der Waals surface area contributed by atoms with E-state index in [0.717, 1.165) is 5.75 Å². The molecule has 2 unspecified atom stereocenters. The van der Waals surface area contributed by atoms with Gasteiger partial charge in [-0.05, 0) is 19.1 Å². The minimum atomic E-state index is -3.12. The quantitative estimate of drug-likeness (QED) is 0.747. The van der Waals surface area contributed by atoms with E-state index in [1.54, 1.807) is 30.7 Å². The zero-order valence-corrected chi connectivity index (χ0v) is 14.0. The summed E-state index contributed by atoms with van der Waals surface area (Å²) in [7, 11) is -1.49. The van der Waals surface area contributed by atoms with Gasteiger partial charge in [-0.1, -0.05) is 6.92 Å². The summed E-state index contributed by atoms with van der Waals surface area (Å²) < 4.78 is 29.3. The number of sulfone groups is 1. The first-order valence-corrected chi connectivity index (χ1v) is 9.55. The fraction of sp³-hybridized carbons (Fsp3) is 0.909. The summed E-state index contributed by atoms with van der Waals surface area (Å²) >= 11 is 7.01. The second kappa shape index (κ2) is 7.66. The summed E-state index contributed by atoms with van der Waals surface area (Å²) in [5, 5.41) is 3.13. The van der Waals surface area contributed by atoms with Crippen LogP contribution in [0.25, 0.3) is 0 Å². The van der Waals surface area contributed by atoms with E-state index in [2.05, 4.69) is 5.32 Å². The third-order valence-corrected chi connectivity index (χ3v) is 6.59. The van der Waals surface area contributed by atoms with Crippen LogP contribution in [0, 0.1) is 0 Å². The average molecular weight is 327 g/mol. The van der Waals surface area contributed by atoms with Crippen LogP contribution in [0.2, 0.25) is 0 Å². The van der Waals surface area contributed by atoms with Crippen LogP contribution in [0.3, 0.4) is 0 Å². The summed E-state index contributed by atoms with van der Waals surface area (Å²) in [6.45, 7) is 4.84. The van der Waals surface area contributed by atoms with E-state index in [1.807, 2.05) is 6.92 Å². The van der Waals surface area contributed by atoms with Crippen LogP contribution in [-0.2, 0) is 14.6 Å². The maximum absolute atomic E-state index is 12.1. The molecule has 1 fully saturated rings. The van der Waals surface area contributed by atoms with Crippen molar-refractivity contribution >= 4 is 38.9 Å². The van der Waals surface area contributed by atoms with Gasteiger partial charge in [-0.2, -0.15) is 11.8 Å². The Balaban J connectivity index is 2.74. The van der Waals surface area contributed by atoms with E-state index >= 15 is 0 Å². The van der Waals surface area contributed by atoms with Crippen molar-refractivity contribution in [3.05, 3.63) is 0 Å². The number of hydrogen-bond acceptors (Lipinski definition) is 5. The van der Waals surface area contributed by atoms with E-state index < -0.39 is 15.2 Å². The Hall–Kier alpha value is -0.0500. The van der Waals surface area contributed by atoms with Gasteiger partial charge in [0.15, 0.2) is 14.9 Å². The molecule has 2 atom stereocenters. The zero-order chi connectivity index (χ0) is 14.5. The molecule has 1 aliphatic heterocycles. The van der Waals surface area contributed by atoms with Crippen molar-refractivity contribution in [2.24, 2.45) is 0 Å². The number of rotatable bonds is 5. The molecule has 1 rings (SSSR count). The predicted molar refractivity (Wildman–Crippen MR) is 84.4 cm³/mol. The SMILES string of the molecule is CCS(=O)(=O)C1CSCCN1C(=S)NC(C)COC. The molecule has 1 aliphatic rings. The fourth-order valence-corrected chi connectivity index (χ4v) is 5.35. The van der Waals surface area contributed by atoms with Gasteiger partial charge in [-0.25, -0.2) is 8.42 Å². The summed E-state index contributed by atoms with van der Waals surface area (Å²) in [4.78, 5) is 1.80. The molecule has 8 heteroatoms. The molecule has 0 aromatic rings. The molecule has 0 aliphatic carbocycles. The van der Waals surface area contributed by atoms with Gasteiger partial charge >= 0.3 is 0 Å². The molecule has 0 aromatic carbocycles. The highest BCUT2D eigenvalue weighted by Crippen LogP contribution is 2.21. The van der Waals surface area contributed by atoms with Crippen molar-refractivity contribution in [1.29, 1.82) is 0 Å². The minimum absolute atomic E-state index is 0.0667. The number of nitrogens with one attached hydrogen (secondary N) is 1. The second-order valence-electron chi connectivity index (χ2n) is 4.48. The monoisotopic (exact) mass is 326 g/mol. The number of ether oxygens (including phenoxy) is 1. The van der Waals surface area contributed by atoms with Crippen LogP contribution >= 0.6 is 24.0 Å². The molecule has 5 nitrogen and oxygen atoms in total. The van der Waals surface area contributed by atoms with Gasteiger partial charge in [-0.3, -0.25) is 0 Å². The van der Waals surface area contributed by atoms with Gasteiger partial charge in [0.05, 0.1) is 6.61 Å². The highest BCUT2D eigenvalue weighted by molar-refractivity contribution is 8.01. The lowest BCUT2D eigenvalue weighted by molar-refractivity contribution is 0.177. The average Bonchev–Trinajstić information content (AvgIpc) is 2.39. The van der Waals surface area contributed by atoms with E-state index in [1.165, 1.54) is 0 Å². The lowest BCUT2D eigenvalue weighted by Crippen LogP contribution is -2.55. The van der Waals surface area contributed by atoms with Crippen LogP contribution in [0.5, 0.6) is 0 Å². The molecule has 1 heterocycles. The first-order valence-electron chi connectivity index (χ1n) is 6.27. The van der Waals surface area contributed by atoms with Gasteiger partial charge < -0.3 is 15.0 Å². The Bertz CT molecular complexity index is 400. The number of hydrogen-bond donors (Lipinski definition) is 1. The van der Waals surface area contributed by atoms with Crippen molar-refractivity contribution < 1.29 is 13.2 Å². The van der Waals surface area contributed by atoms with Crippen LogP contribution in [0.4, 0.5) is 0 Å². The van der Waals surface area contributed by atoms with Crippen molar-refractivity contribution in [1.82, 2.24) is 10.2 Å². The molecular formula is C11H22N2O3S3. The van der Waals surface area contributed by atoms with Crippen LogP contribution in [0.15, 0.2) is 0 Å². The first kappa shape index (κ1) is 17.0. The molecule has 19 heavy (non-hydrogen) atoms. The lowest BCUT2D eigenvalue weighted by atomic mass is 10.4. The topological polar surface area (TPSA) is 58.6 Å². The van der Waals surface area contributed by atoms with E-state index in [9.17, 15) is 8.42 Å². The van der Waals surface area contributed by atoms with Gasteiger partial charge in [0.2, 0.25) is 0 Å². The maximum atomic E-state index is 12.1. The summed E-state index contributed by atoms with van der Waals surface area (Å²) in [5.74, 6) is 1.62. The number of thioether (sulfide) groups is 1. The molecule has 0 aromatic heterocycles. The molecule has 0 bridgehead atoms. The summed E-state index contributed by atoms with van der Waals surface area (Å²) in [6.07, 6.45) is 0. The normalized spacial score (nSPS) is 22.1. The molecule has 112 valence electrons. The van der Waals surface area contributed by atoms with Crippen LogP contribution < -0.4 is 5.32 Å². The first-order chi connectivity index (χ1) is 8.92. The van der Waals surface area contributed by atoms with Crippen molar-refractivity contribution in [3.63, 3.8) is 0 Å². The molecule has 0 amide bonds. The summed E-state index contributed by atoms with van der Waals surface area (Å²) in [5.41, 5.74) is 0. The van der Waals surface area contributed by atoms with E-state index in [4.69, 9.17) is 17.0 Å². The smallest absolute Gasteiger partial charge is 0.171 e. The van der Waals surface area contributed by atoms with Crippen LogP contribution in [0.1, 0.15) is 13.8 Å². The van der Waals surface area contributed by atoms with Gasteiger partial charge in [-0.15, -0.1) is 0 Å². The Morgan fingerprint density at radius 2 is 2.32 bits per heavy atom. The highest BCUT2D eigenvalue weighted by atomic mass is 32.2. The maximum Gasteiger partial charge on any atom is 0.171 e.